The summed E-state index contributed by atoms with van der Waals surface area (Å²) in [6.07, 6.45) is 0. The van der Waals surface area contributed by atoms with Gasteiger partial charge in [0.2, 0.25) is 0 Å². The molecule has 3 N–H and O–H groups in total. The molecule has 0 unspecified atom stereocenters. The lowest BCUT2D eigenvalue weighted by Crippen LogP contribution is -2.22. The number of carbonyl (C=O) groups is 3. The van der Waals surface area contributed by atoms with Crippen LogP contribution in [0.2, 0.25) is 0 Å². The maximum Gasteiger partial charge on any atom is 0.339 e. The van der Waals surface area contributed by atoms with Crippen LogP contribution in [0, 0.1) is 6.92 Å². The number of anilines is 1. The van der Waals surface area contributed by atoms with E-state index >= 15 is 0 Å². The minimum Gasteiger partial charge on any atom is -0.452 e. The number of nitrogens with two attached hydrogens (primary N) is 1. The molecule has 0 aliphatic rings. The zero-order chi connectivity index (χ0) is 22.0. The molecule has 0 bridgehead atoms. The zero-order valence-corrected chi connectivity index (χ0v) is 17.1. The van der Waals surface area contributed by atoms with Gasteiger partial charge in [-0.2, -0.15) is 0 Å². The van der Waals surface area contributed by atoms with Crippen LogP contribution in [-0.4, -0.2) is 34.5 Å². The van der Waals surface area contributed by atoms with Crippen LogP contribution in [0.25, 0.3) is 22.4 Å². The summed E-state index contributed by atoms with van der Waals surface area (Å²) in [5.41, 5.74) is 7.59. The SMILES string of the molecule is Cc1noc2nc(-c3ccccc3)cc(C(=O)OCC(=O)Nc3sccc3C(N)=O)c12. The van der Waals surface area contributed by atoms with Gasteiger partial charge in [-0.25, -0.2) is 9.78 Å². The lowest BCUT2D eigenvalue weighted by molar-refractivity contribution is -0.119. The first-order valence-electron chi connectivity index (χ1n) is 9.10. The number of amides is 2. The van der Waals surface area contributed by atoms with Crippen molar-refractivity contribution in [2.75, 3.05) is 11.9 Å². The Kier molecular flexibility index (Phi) is 5.46. The maximum atomic E-state index is 12.8. The van der Waals surface area contributed by atoms with E-state index in [2.05, 4.69) is 15.5 Å². The van der Waals surface area contributed by atoms with Gasteiger partial charge in [-0.05, 0) is 24.4 Å². The Bertz CT molecular complexity index is 1300. The van der Waals surface area contributed by atoms with Crippen LogP contribution in [0.5, 0.6) is 0 Å². The smallest absolute Gasteiger partial charge is 0.339 e. The van der Waals surface area contributed by atoms with Crippen LogP contribution >= 0.6 is 11.3 Å². The minimum absolute atomic E-state index is 0.185. The fourth-order valence-corrected chi connectivity index (χ4v) is 3.79. The number of carbonyl (C=O) groups excluding carboxylic acids is 3. The average Bonchev–Trinajstić information content (AvgIpc) is 3.39. The van der Waals surface area contributed by atoms with E-state index < -0.39 is 24.4 Å². The van der Waals surface area contributed by atoms with Gasteiger partial charge in [0.1, 0.15) is 5.00 Å². The number of hydrogen-bond donors (Lipinski definition) is 2. The number of primary amides is 1. The van der Waals surface area contributed by atoms with E-state index in [0.717, 1.165) is 16.9 Å². The molecule has 0 radical (unpaired) electrons. The van der Waals surface area contributed by atoms with E-state index in [-0.39, 0.29) is 16.8 Å². The Hall–Kier alpha value is -4.05. The molecule has 4 aromatic rings. The van der Waals surface area contributed by atoms with Crippen LogP contribution < -0.4 is 11.1 Å². The van der Waals surface area contributed by atoms with Crippen molar-refractivity contribution < 1.29 is 23.6 Å². The fourth-order valence-electron chi connectivity index (χ4n) is 2.98. The first-order valence-corrected chi connectivity index (χ1v) is 9.98. The van der Waals surface area contributed by atoms with Crippen LogP contribution in [-0.2, 0) is 9.53 Å². The summed E-state index contributed by atoms with van der Waals surface area (Å²) in [7, 11) is 0. The summed E-state index contributed by atoms with van der Waals surface area (Å²) in [5, 5.41) is 8.72. The average molecular weight is 436 g/mol. The van der Waals surface area contributed by atoms with Crippen molar-refractivity contribution in [2.24, 2.45) is 5.73 Å². The highest BCUT2D eigenvalue weighted by atomic mass is 32.1. The lowest BCUT2D eigenvalue weighted by atomic mass is 10.1. The highest BCUT2D eigenvalue weighted by Crippen LogP contribution is 2.27. The summed E-state index contributed by atoms with van der Waals surface area (Å²) in [6, 6.07) is 12.3. The summed E-state index contributed by atoms with van der Waals surface area (Å²) < 4.78 is 10.4. The van der Waals surface area contributed by atoms with Crippen molar-refractivity contribution in [1.82, 2.24) is 10.1 Å². The van der Waals surface area contributed by atoms with E-state index in [9.17, 15) is 14.4 Å². The molecule has 2 amide bonds. The van der Waals surface area contributed by atoms with Gasteiger partial charge in [0.05, 0.1) is 27.9 Å². The van der Waals surface area contributed by atoms with Crippen molar-refractivity contribution in [1.29, 1.82) is 0 Å². The summed E-state index contributed by atoms with van der Waals surface area (Å²) in [5.74, 6) is -2.00. The summed E-state index contributed by atoms with van der Waals surface area (Å²) in [4.78, 5) is 40.8. The second-order valence-corrected chi connectivity index (χ2v) is 7.44. The van der Waals surface area contributed by atoms with Gasteiger partial charge in [0.25, 0.3) is 17.5 Å². The van der Waals surface area contributed by atoms with E-state index in [1.165, 1.54) is 6.07 Å². The van der Waals surface area contributed by atoms with Gasteiger partial charge in [-0.1, -0.05) is 35.5 Å². The molecule has 1 aromatic carbocycles. The van der Waals surface area contributed by atoms with E-state index in [1.54, 1.807) is 18.4 Å². The molecule has 31 heavy (non-hydrogen) atoms. The van der Waals surface area contributed by atoms with Crippen LogP contribution in [0.4, 0.5) is 5.00 Å². The number of esters is 1. The second kappa shape index (κ2) is 8.36. The first kappa shape index (κ1) is 20.2. The number of nitrogens with one attached hydrogen (secondary N) is 1. The molecule has 10 heteroatoms. The van der Waals surface area contributed by atoms with E-state index in [4.69, 9.17) is 15.0 Å². The van der Waals surface area contributed by atoms with Crippen molar-refractivity contribution in [3.63, 3.8) is 0 Å². The monoisotopic (exact) mass is 436 g/mol. The highest BCUT2D eigenvalue weighted by Gasteiger charge is 2.21. The Morgan fingerprint density at radius 3 is 2.68 bits per heavy atom. The molecule has 0 saturated carbocycles. The van der Waals surface area contributed by atoms with Crippen LogP contribution in [0.1, 0.15) is 26.4 Å². The van der Waals surface area contributed by atoms with Crippen molar-refractivity contribution in [3.8, 4) is 11.3 Å². The molecule has 3 aromatic heterocycles. The number of aromatic nitrogens is 2. The van der Waals surface area contributed by atoms with E-state index in [0.29, 0.717) is 21.8 Å². The highest BCUT2D eigenvalue weighted by molar-refractivity contribution is 7.14. The van der Waals surface area contributed by atoms with E-state index in [1.807, 2.05) is 30.3 Å². The Balaban J connectivity index is 1.56. The molecule has 4 rings (SSSR count). The number of thiophene rings is 1. The lowest BCUT2D eigenvalue weighted by Gasteiger charge is -2.08. The largest absolute Gasteiger partial charge is 0.452 e. The number of benzene rings is 1. The van der Waals surface area contributed by atoms with Crippen molar-refractivity contribution in [2.45, 2.75) is 6.92 Å². The third kappa shape index (κ3) is 4.14. The van der Waals surface area contributed by atoms with Crippen LogP contribution in [0.3, 0.4) is 0 Å². The standard InChI is InChI=1S/C21H16N4O5S/c1-11-17-14(9-15(23-19(17)30-25-11)12-5-3-2-4-6-12)21(28)29-10-16(26)24-20-13(18(22)27)7-8-31-20/h2-9H,10H2,1H3,(H2,22,27)(H,24,26). The number of hydrogen-bond acceptors (Lipinski definition) is 8. The number of pyridine rings is 1. The summed E-state index contributed by atoms with van der Waals surface area (Å²) >= 11 is 1.14. The molecular formula is C21H16N4O5S. The molecule has 0 aliphatic heterocycles. The molecule has 0 spiro atoms. The van der Waals surface area contributed by atoms with Crippen LogP contribution in [0.15, 0.2) is 52.4 Å². The number of nitrogens with zero attached hydrogens (tertiary/aromatic N) is 2. The number of fused-ring (bicyclic) bond motifs is 1. The quantitative estimate of drug-likeness (QED) is 0.443. The first-order chi connectivity index (χ1) is 14.9. The maximum absolute atomic E-state index is 12.8. The molecule has 0 aliphatic carbocycles. The summed E-state index contributed by atoms with van der Waals surface area (Å²) in [6.45, 7) is 1.13. The Morgan fingerprint density at radius 1 is 1.16 bits per heavy atom. The number of rotatable bonds is 6. The normalized spacial score (nSPS) is 10.7. The van der Waals surface area contributed by atoms with Crippen molar-refractivity contribution >= 4 is 45.2 Å². The van der Waals surface area contributed by atoms with Gasteiger partial charge < -0.3 is 20.3 Å². The van der Waals surface area contributed by atoms with Crippen molar-refractivity contribution in [3.05, 3.63) is 64.7 Å². The second-order valence-electron chi connectivity index (χ2n) is 6.52. The molecule has 9 nitrogen and oxygen atoms in total. The number of aryl methyl sites for hydroxylation is 1. The van der Waals surface area contributed by atoms with Gasteiger partial charge in [-0.3, -0.25) is 9.59 Å². The Labute approximate surface area is 179 Å². The third-order valence-electron chi connectivity index (χ3n) is 4.42. The number of ether oxygens (including phenoxy) is 1. The topological polar surface area (TPSA) is 137 Å². The predicted octanol–water partition coefficient (Wildman–Crippen LogP) is 3.15. The predicted molar refractivity (Wildman–Crippen MR) is 114 cm³/mol. The minimum atomic E-state index is -0.729. The fraction of sp³-hybridized carbons (Fsp3) is 0.0952. The van der Waals surface area contributed by atoms with Gasteiger partial charge >= 0.3 is 5.97 Å². The van der Waals surface area contributed by atoms with Gasteiger partial charge in [-0.15, -0.1) is 11.3 Å². The molecule has 156 valence electrons. The molecule has 0 atom stereocenters. The molecule has 0 saturated heterocycles. The molecule has 0 fully saturated rings. The third-order valence-corrected chi connectivity index (χ3v) is 5.25. The molecular weight excluding hydrogens is 420 g/mol. The Morgan fingerprint density at radius 2 is 1.94 bits per heavy atom. The van der Waals surface area contributed by atoms with Gasteiger partial charge in [0, 0.05) is 5.56 Å². The zero-order valence-electron chi connectivity index (χ0n) is 16.2. The van der Waals surface area contributed by atoms with Gasteiger partial charge in [0.15, 0.2) is 6.61 Å². The molecule has 3 heterocycles.